The zero-order valence-electron chi connectivity index (χ0n) is 10.2. The Bertz CT molecular complexity index is 500. The van der Waals surface area contributed by atoms with Crippen molar-refractivity contribution in [2.75, 3.05) is 5.32 Å². The molecule has 0 radical (unpaired) electrons. The molecule has 0 aromatic heterocycles. The first-order valence-corrected chi connectivity index (χ1v) is 5.74. The fourth-order valence-corrected chi connectivity index (χ4v) is 1.93. The number of aliphatic hydroxyl groups is 1. The van der Waals surface area contributed by atoms with E-state index in [9.17, 15) is 5.11 Å². The lowest BCUT2D eigenvalue weighted by Gasteiger charge is -2.14. The van der Waals surface area contributed by atoms with Gasteiger partial charge in [0.25, 0.3) is 0 Å². The summed E-state index contributed by atoms with van der Waals surface area (Å²) in [5.74, 6) is 0. The van der Waals surface area contributed by atoms with Gasteiger partial charge in [-0.25, -0.2) is 0 Å². The second-order valence-electron chi connectivity index (χ2n) is 4.21. The van der Waals surface area contributed by atoms with E-state index in [0.29, 0.717) is 0 Å². The Labute approximate surface area is 102 Å². The molecule has 0 fully saturated rings. The Balaban J connectivity index is 2.38. The molecule has 0 saturated carbocycles. The van der Waals surface area contributed by atoms with E-state index in [1.807, 2.05) is 30.3 Å². The van der Waals surface area contributed by atoms with Crippen molar-refractivity contribution in [3.05, 3.63) is 59.2 Å². The molecular formula is C15H17NO. The van der Waals surface area contributed by atoms with Gasteiger partial charge in [0, 0.05) is 16.9 Å². The number of anilines is 2. The Hall–Kier alpha value is -1.80. The van der Waals surface area contributed by atoms with Gasteiger partial charge in [0.05, 0.1) is 6.61 Å². The summed E-state index contributed by atoms with van der Waals surface area (Å²) >= 11 is 0. The van der Waals surface area contributed by atoms with Crippen LogP contribution in [-0.4, -0.2) is 5.11 Å². The van der Waals surface area contributed by atoms with Crippen molar-refractivity contribution >= 4 is 11.4 Å². The molecule has 2 N–H and O–H groups in total. The van der Waals surface area contributed by atoms with Crippen molar-refractivity contribution in [2.45, 2.75) is 20.5 Å². The molecule has 2 heteroatoms. The highest BCUT2D eigenvalue weighted by atomic mass is 16.3. The van der Waals surface area contributed by atoms with E-state index in [-0.39, 0.29) is 6.61 Å². The molecule has 0 spiro atoms. The van der Waals surface area contributed by atoms with Gasteiger partial charge in [-0.05, 0) is 31.0 Å². The largest absolute Gasteiger partial charge is 0.392 e. The quantitative estimate of drug-likeness (QED) is 0.840. The maximum atomic E-state index is 9.30. The summed E-state index contributed by atoms with van der Waals surface area (Å²) in [4.78, 5) is 0. The minimum atomic E-state index is 0.0497. The number of rotatable bonds is 3. The van der Waals surface area contributed by atoms with Gasteiger partial charge in [-0.2, -0.15) is 0 Å². The van der Waals surface area contributed by atoms with Gasteiger partial charge in [0.1, 0.15) is 0 Å². The molecule has 0 bridgehead atoms. The Morgan fingerprint density at radius 1 is 0.941 bits per heavy atom. The summed E-state index contributed by atoms with van der Waals surface area (Å²) in [5.41, 5.74) is 5.41. The summed E-state index contributed by atoms with van der Waals surface area (Å²) in [6.07, 6.45) is 0. The highest BCUT2D eigenvalue weighted by Gasteiger charge is 2.05. The number of aliphatic hydroxyl groups excluding tert-OH is 1. The zero-order valence-corrected chi connectivity index (χ0v) is 10.2. The lowest BCUT2D eigenvalue weighted by atomic mass is 10.1. The first-order valence-electron chi connectivity index (χ1n) is 5.74. The minimum absolute atomic E-state index is 0.0497. The first-order chi connectivity index (χ1) is 8.22. The predicted molar refractivity (Wildman–Crippen MR) is 71.6 cm³/mol. The normalized spacial score (nSPS) is 10.3. The number of aryl methyl sites for hydroxylation is 2. The summed E-state index contributed by atoms with van der Waals surface area (Å²) in [7, 11) is 0. The molecule has 0 aliphatic carbocycles. The molecule has 2 aromatic carbocycles. The molecular weight excluding hydrogens is 210 g/mol. The molecule has 88 valence electrons. The summed E-state index contributed by atoms with van der Waals surface area (Å²) in [6, 6.07) is 14.0. The second-order valence-corrected chi connectivity index (χ2v) is 4.21. The van der Waals surface area contributed by atoms with Crippen molar-refractivity contribution in [3.8, 4) is 0 Å². The summed E-state index contributed by atoms with van der Waals surface area (Å²) in [6.45, 7) is 4.21. The van der Waals surface area contributed by atoms with E-state index in [0.717, 1.165) is 16.9 Å². The fourth-order valence-electron chi connectivity index (χ4n) is 1.93. The van der Waals surface area contributed by atoms with Crippen LogP contribution in [0.1, 0.15) is 16.7 Å². The highest BCUT2D eigenvalue weighted by Crippen LogP contribution is 2.26. The van der Waals surface area contributed by atoms with Crippen molar-refractivity contribution in [2.24, 2.45) is 0 Å². The van der Waals surface area contributed by atoms with Crippen LogP contribution >= 0.6 is 0 Å². The predicted octanol–water partition coefficient (Wildman–Crippen LogP) is 3.54. The lowest BCUT2D eigenvalue weighted by Crippen LogP contribution is -1.99. The van der Waals surface area contributed by atoms with Gasteiger partial charge in [0.2, 0.25) is 0 Å². The Morgan fingerprint density at radius 2 is 1.59 bits per heavy atom. The maximum Gasteiger partial charge on any atom is 0.0702 e. The van der Waals surface area contributed by atoms with Gasteiger partial charge in [-0.1, -0.05) is 36.4 Å². The summed E-state index contributed by atoms with van der Waals surface area (Å²) in [5, 5.41) is 12.7. The molecule has 2 rings (SSSR count). The van der Waals surface area contributed by atoms with Crippen LogP contribution in [0.4, 0.5) is 11.4 Å². The second kappa shape index (κ2) is 5.02. The van der Waals surface area contributed by atoms with Crippen molar-refractivity contribution < 1.29 is 5.11 Å². The smallest absolute Gasteiger partial charge is 0.0702 e. The van der Waals surface area contributed by atoms with Gasteiger partial charge >= 0.3 is 0 Å². The van der Waals surface area contributed by atoms with Crippen LogP contribution in [-0.2, 0) is 6.61 Å². The van der Waals surface area contributed by atoms with E-state index >= 15 is 0 Å². The van der Waals surface area contributed by atoms with Gasteiger partial charge < -0.3 is 10.4 Å². The van der Waals surface area contributed by atoms with Crippen LogP contribution in [0.5, 0.6) is 0 Å². The lowest BCUT2D eigenvalue weighted by molar-refractivity contribution is 0.282. The number of benzene rings is 2. The van der Waals surface area contributed by atoms with E-state index < -0.39 is 0 Å². The molecule has 2 aromatic rings. The molecule has 0 amide bonds. The van der Waals surface area contributed by atoms with Crippen molar-refractivity contribution in [1.82, 2.24) is 0 Å². The number of hydrogen-bond acceptors (Lipinski definition) is 2. The van der Waals surface area contributed by atoms with Crippen LogP contribution < -0.4 is 5.32 Å². The average Bonchev–Trinajstić information content (AvgIpc) is 2.34. The number of para-hydroxylation sites is 2. The van der Waals surface area contributed by atoms with E-state index in [1.165, 1.54) is 11.1 Å². The monoisotopic (exact) mass is 227 g/mol. The SMILES string of the molecule is Cc1cccc(C)c1Nc1ccccc1CO. The topological polar surface area (TPSA) is 32.3 Å². The molecule has 0 atom stereocenters. The third-order valence-corrected chi connectivity index (χ3v) is 2.93. The van der Waals surface area contributed by atoms with Crippen molar-refractivity contribution in [3.63, 3.8) is 0 Å². The first kappa shape index (κ1) is 11.7. The third-order valence-electron chi connectivity index (χ3n) is 2.93. The third kappa shape index (κ3) is 2.48. The summed E-state index contributed by atoms with van der Waals surface area (Å²) < 4.78 is 0. The fraction of sp³-hybridized carbons (Fsp3) is 0.200. The van der Waals surface area contributed by atoms with Crippen LogP contribution in [0.3, 0.4) is 0 Å². The van der Waals surface area contributed by atoms with Crippen LogP contribution in [0.2, 0.25) is 0 Å². The van der Waals surface area contributed by atoms with E-state index in [2.05, 4.69) is 31.3 Å². The van der Waals surface area contributed by atoms with Crippen molar-refractivity contribution in [1.29, 1.82) is 0 Å². The maximum absolute atomic E-state index is 9.30. The Kier molecular flexibility index (Phi) is 3.45. The van der Waals surface area contributed by atoms with Crippen LogP contribution in [0.15, 0.2) is 42.5 Å². The highest BCUT2D eigenvalue weighted by molar-refractivity contribution is 5.68. The Morgan fingerprint density at radius 3 is 2.24 bits per heavy atom. The van der Waals surface area contributed by atoms with Gasteiger partial charge in [0.15, 0.2) is 0 Å². The standard InChI is InChI=1S/C15H17NO/c1-11-6-5-7-12(2)15(11)16-14-9-4-3-8-13(14)10-17/h3-9,16-17H,10H2,1-2H3. The van der Waals surface area contributed by atoms with Crippen LogP contribution in [0, 0.1) is 13.8 Å². The molecule has 0 aliphatic rings. The molecule has 2 nitrogen and oxygen atoms in total. The minimum Gasteiger partial charge on any atom is -0.392 e. The number of nitrogens with one attached hydrogen (secondary N) is 1. The zero-order chi connectivity index (χ0) is 12.3. The van der Waals surface area contributed by atoms with Crippen LogP contribution in [0.25, 0.3) is 0 Å². The molecule has 17 heavy (non-hydrogen) atoms. The molecule has 0 aliphatic heterocycles. The van der Waals surface area contributed by atoms with E-state index in [1.54, 1.807) is 0 Å². The van der Waals surface area contributed by atoms with Gasteiger partial charge in [-0.3, -0.25) is 0 Å². The molecule has 0 unspecified atom stereocenters. The van der Waals surface area contributed by atoms with E-state index in [4.69, 9.17) is 0 Å². The van der Waals surface area contributed by atoms with Gasteiger partial charge in [-0.15, -0.1) is 0 Å². The number of hydrogen-bond donors (Lipinski definition) is 2. The molecule has 0 saturated heterocycles. The average molecular weight is 227 g/mol. The molecule has 0 heterocycles.